The Hall–Kier alpha value is -0.380. The van der Waals surface area contributed by atoms with Crippen molar-refractivity contribution in [3.05, 3.63) is 22.4 Å². The maximum Gasteiger partial charge on any atom is 0.104 e. The summed E-state index contributed by atoms with van der Waals surface area (Å²) in [5.41, 5.74) is 0. The van der Waals surface area contributed by atoms with E-state index in [9.17, 15) is 0 Å². The Kier molecular flexibility index (Phi) is 3.56. The van der Waals surface area contributed by atoms with Crippen molar-refractivity contribution in [3.63, 3.8) is 0 Å². The zero-order valence-electron chi connectivity index (χ0n) is 8.61. The first kappa shape index (κ1) is 10.1. The first-order valence-corrected chi connectivity index (χ1v) is 6.15. The highest BCUT2D eigenvalue weighted by Gasteiger charge is 2.21. The van der Waals surface area contributed by atoms with Crippen LogP contribution in [0.15, 0.2) is 17.5 Å². The van der Waals surface area contributed by atoms with Crippen molar-refractivity contribution >= 4 is 11.3 Å². The fraction of sp³-hybridized carbons (Fsp3) is 0.636. The molecule has 2 nitrogen and oxygen atoms in total. The highest BCUT2D eigenvalue weighted by atomic mass is 32.1. The van der Waals surface area contributed by atoms with Gasteiger partial charge in [-0.1, -0.05) is 13.0 Å². The van der Waals surface area contributed by atoms with Crippen LogP contribution in [0.1, 0.15) is 24.3 Å². The molecule has 1 aliphatic heterocycles. The standard InChI is InChI=1S/C11H17NOS/c1-2-5-12-6-7-13-10(9-12)11-4-3-8-14-11/h3-4,8,10H,2,5-7,9H2,1H3. The van der Waals surface area contributed by atoms with E-state index >= 15 is 0 Å². The summed E-state index contributed by atoms with van der Waals surface area (Å²) >= 11 is 1.80. The Labute approximate surface area is 89.5 Å². The normalized spacial score (nSPS) is 23.9. The zero-order chi connectivity index (χ0) is 9.80. The van der Waals surface area contributed by atoms with Gasteiger partial charge in [0.1, 0.15) is 6.10 Å². The summed E-state index contributed by atoms with van der Waals surface area (Å²) in [4.78, 5) is 3.86. The number of morpholine rings is 1. The molecule has 1 atom stereocenters. The summed E-state index contributed by atoms with van der Waals surface area (Å²) in [6.07, 6.45) is 1.55. The van der Waals surface area contributed by atoms with Crippen molar-refractivity contribution in [2.75, 3.05) is 26.2 Å². The Morgan fingerprint density at radius 2 is 2.57 bits per heavy atom. The molecule has 0 saturated carbocycles. The van der Waals surface area contributed by atoms with Crippen molar-refractivity contribution in [1.82, 2.24) is 4.90 Å². The van der Waals surface area contributed by atoms with Crippen LogP contribution in [-0.2, 0) is 4.74 Å². The Morgan fingerprint density at radius 3 is 3.29 bits per heavy atom. The lowest BCUT2D eigenvalue weighted by Crippen LogP contribution is -2.38. The van der Waals surface area contributed by atoms with Gasteiger partial charge >= 0.3 is 0 Å². The van der Waals surface area contributed by atoms with Gasteiger partial charge in [0.25, 0.3) is 0 Å². The maximum absolute atomic E-state index is 5.77. The molecular weight excluding hydrogens is 194 g/mol. The fourth-order valence-corrected chi connectivity index (χ4v) is 2.63. The van der Waals surface area contributed by atoms with E-state index in [1.807, 2.05) is 0 Å². The third-order valence-electron chi connectivity index (χ3n) is 2.55. The van der Waals surface area contributed by atoms with E-state index in [0.717, 1.165) is 19.7 Å². The summed E-state index contributed by atoms with van der Waals surface area (Å²) in [5, 5.41) is 2.12. The van der Waals surface area contributed by atoms with Crippen LogP contribution in [0.5, 0.6) is 0 Å². The summed E-state index contributed by atoms with van der Waals surface area (Å²) in [7, 11) is 0. The fourth-order valence-electron chi connectivity index (χ4n) is 1.87. The second kappa shape index (κ2) is 4.91. The summed E-state index contributed by atoms with van der Waals surface area (Å²) in [6.45, 7) is 6.47. The molecule has 1 aromatic heterocycles. The van der Waals surface area contributed by atoms with E-state index in [1.54, 1.807) is 11.3 Å². The van der Waals surface area contributed by atoms with E-state index in [2.05, 4.69) is 29.3 Å². The first-order chi connectivity index (χ1) is 6.90. The SMILES string of the molecule is CCCN1CCOC(c2cccs2)C1. The van der Waals surface area contributed by atoms with Crippen LogP contribution >= 0.6 is 11.3 Å². The quantitative estimate of drug-likeness (QED) is 0.762. The number of hydrogen-bond donors (Lipinski definition) is 0. The predicted octanol–water partition coefficient (Wildman–Crippen LogP) is 2.53. The molecule has 0 amide bonds. The molecule has 3 heteroatoms. The lowest BCUT2D eigenvalue weighted by molar-refractivity contribution is -0.0280. The maximum atomic E-state index is 5.77. The van der Waals surface area contributed by atoms with Gasteiger partial charge in [-0.3, -0.25) is 4.90 Å². The Morgan fingerprint density at radius 1 is 1.64 bits per heavy atom. The van der Waals surface area contributed by atoms with Gasteiger partial charge in [-0.05, 0) is 24.4 Å². The third kappa shape index (κ3) is 2.35. The highest BCUT2D eigenvalue weighted by Crippen LogP contribution is 2.25. The number of thiophene rings is 1. The minimum absolute atomic E-state index is 0.315. The van der Waals surface area contributed by atoms with Crippen molar-refractivity contribution in [1.29, 1.82) is 0 Å². The first-order valence-electron chi connectivity index (χ1n) is 5.27. The zero-order valence-corrected chi connectivity index (χ0v) is 9.43. The van der Waals surface area contributed by atoms with Crippen LogP contribution in [0.25, 0.3) is 0 Å². The van der Waals surface area contributed by atoms with Crippen LogP contribution < -0.4 is 0 Å². The van der Waals surface area contributed by atoms with Crippen LogP contribution in [0.4, 0.5) is 0 Å². The lowest BCUT2D eigenvalue weighted by Gasteiger charge is -2.32. The molecule has 78 valence electrons. The number of rotatable bonds is 3. The molecule has 1 aliphatic rings. The molecule has 1 unspecified atom stereocenters. The Balaban J connectivity index is 1.94. The van der Waals surface area contributed by atoms with Gasteiger partial charge in [-0.2, -0.15) is 0 Å². The number of nitrogens with zero attached hydrogens (tertiary/aromatic N) is 1. The van der Waals surface area contributed by atoms with Gasteiger partial charge in [-0.15, -0.1) is 11.3 Å². The van der Waals surface area contributed by atoms with Gasteiger partial charge in [0.15, 0.2) is 0 Å². The topological polar surface area (TPSA) is 12.5 Å². The molecule has 1 saturated heterocycles. The van der Waals surface area contributed by atoms with Crippen molar-refractivity contribution in [2.24, 2.45) is 0 Å². The number of hydrogen-bond acceptors (Lipinski definition) is 3. The molecule has 0 spiro atoms. The van der Waals surface area contributed by atoms with Gasteiger partial charge in [-0.25, -0.2) is 0 Å². The van der Waals surface area contributed by atoms with Crippen LogP contribution in [0.2, 0.25) is 0 Å². The molecule has 14 heavy (non-hydrogen) atoms. The molecule has 1 aromatic rings. The molecule has 0 aliphatic carbocycles. The lowest BCUT2D eigenvalue weighted by atomic mass is 10.2. The summed E-state index contributed by atoms with van der Waals surface area (Å²) < 4.78 is 5.77. The molecular formula is C11H17NOS. The van der Waals surface area contributed by atoms with Gasteiger partial charge < -0.3 is 4.74 Å². The second-order valence-corrected chi connectivity index (χ2v) is 4.65. The van der Waals surface area contributed by atoms with E-state index in [0.29, 0.717) is 6.10 Å². The molecule has 0 aromatic carbocycles. The largest absolute Gasteiger partial charge is 0.370 e. The molecule has 0 radical (unpaired) electrons. The molecule has 1 fully saturated rings. The van der Waals surface area contributed by atoms with E-state index in [1.165, 1.54) is 17.8 Å². The smallest absolute Gasteiger partial charge is 0.104 e. The van der Waals surface area contributed by atoms with Crippen molar-refractivity contribution in [2.45, 2.75) is 19.4 Å². The molecule has 2 rings (SSSR count). The summed E-state index contributed by atoms with van der Waals surface area (Å²) in [6, 6.07) is 4.27. The van der Waals surface area contributed by atoms with E-state index < -0.39 is 0 Å². The average molecular weight is 211 g/mol. The molecule has 0 bridgehead atoms. The predicted molar refractivity (Wildman–Crippen MR) is 59.7 cm³/mol. The van der Waals surface area contributed by atoms with Gasteiger partial charge in [0.05, 0.1) is 6.61 Å². The van der Waals surface area contributed by atoms with Crippen LogP contribution in [-0.4, -0.2) is 31.1 Å². The van der Waals surface area contributed by atoms with E-state index in [-0.39, 0.29) is 0 Å². The van der Waals surface area contributed by atoms with Gasteiger partial charge in [0, 0.05) is 18.0 Å². The second-order valence-electron chi connectivity index (χ2n) is 3.68. The third-order valence-corrected chi connectivity index (χ3v) is 3.52. The average Bonchev–Trinajstić information content (AvgIpc) is 2.71. The molecule has 0 N–H and O–H groups in total. The minimum atomic E-state index is 0.315. The molecule has 2 heterocycles. The Bertz CT molecular complexity index is 258. The summed E-state index contributed by atoms with van der Waals surface area (Å²) in [5.74, 6) is 0. The van der Waals surface area contributed by atoms with Gasteiger partial charge in [0.2, 0.25) is 0 Å². The number of ether oxygens (including phenoxy) is 1. The van der Waals surface area contributed by atoms with Crippen molar-refractivity contribution < 1.29 is 4.74 Å². The van der Waals surface area contributed by atoms with Crippen LogP contribution in [0, 0.1) is 0 Å². The highest BCUT2D eigenvalue weighted by molar-refractivity contribution is 7.10. The monoisotopic (exact) mass is 211 g/mol. The van der Waals surface area contributed by atoms with Crippen molar-refractivity contribution in [3.8, 4) is 0 Å². The van der Waals surface area contributed by atoms with Crippen LogP contribution in [0.3, 0.4) is 0 Å². The minimum Gasteiger partial charge on any atom is -0.370 e. The van der Waals surface area contributed by atoms with E-state index in [4.69, 9.17) is 4.74 Å².